The van der Waals surface area contributed by atoms with Gasteiger partial charge in [-0.1, -0.05) is 25.3 Å². The molecule has 0 atom stereocenters. The van der Waals surface area contributed by atoms with Gasteiger partial charge in [-0.25, -0.2) is 0 Å². The number of amides is 2. The van der Waals surface area contributed by atoms with Crippen LogP contribution in [0, 0.1) is 0 Å². The normalized spacial score (nSPS) is 6.38. The van der Waals surface area contributed by atoms with Crippen molar-refractivity contribution in [2.75, 3.05) is 6.61 Å². The van der Waals surface area contributed by atoms with Gasteiger partial charge in [-0.05, 0) is 6.92 Å². The van der Waals surface area contributed by atoms with Gasteiger partial charge in [0.25, 0.3) is 17.0 Å². The van der Waals surface area contributed by atoms with Crippen LogP contribution < -0.4 is 11.5 Å². The molecule has 78 valence electrons. The molecule has 0 rings (SSSR count). The maximum absolute atomic E-state index is 9.18. The van der Waals surface area contributed by atoms with E-state index in [1.54, 1.807) is 6.92 Å². The number of nitrogens with two attached hydrogens (primary N) is 2. The predicted molar refractivity (Wildman–Crippen MR) is 54.8 cm³/mol. The van der Waals surface area contributed by atoms with Crippen molar-refractivity contribution in [1.29, 1.82) is 0 Å². The van der Waals surface area contributed by atoms with E-state index in [2.05, 4.69) is 41.5 Å². The Morgan fingerprint density at radius 1 is 1.31 bits per heavy atom. The first-order valence-electron chi connectivity index (χ1n) is 2.90. The molecule has 8 heteroatoms. The molecule has 0 aromatic carbocycles. The number of hydrogen-bond donors (Lipinski definition) is 4. The van der Waals surface area contributed by atoms with Crippen LogP contribution in [0.25, 0.3) is 0 Å². The first-order chi connectivity index (χ1) is 5.88. The van der Waals surface area contributed by atoms with Gasteiger partial charge in [0, 0.05) is 0 Å². The number of carbonyl (C=O) groups excluding carboxylic acids is 3. The highest BCUT2D eigenvalue weighted by molar-refractivity contribution is 7.96. The molecule has 2 amide bonds. The Morgan fingerprint density at radius 3 is 1.54 bits per heavy atom. The topological polar surface area (TPSA) is 112 Å². The average Bonchev–Trinajstić information content (AvgIpc) is 1.86. The van der Waals surface area contributed by atoms with Crippen LogP contribution in [0.15, 0.2) is 0 Å². The monoisotopic (exact) mass is 228 g/mol. The zero-order valence-electron chi connectivity index (χ0n) is 6.97. The molecule has 0 fully saturated rings. The maximum atomic E-state index is 9.18. The summed E-state index contributed by atoms with van der Waals surface area (Å²) in [6, 6.07) is 0. The molecule has 0 spiro atoms. The van der Waals surface area contributed by atoms with Gasteiger partial charge in [-0.15, -0.1) is 0 Å². The summed E-state index contributed by atoms with van der Waals surface area (Å²) in [6.07, 6.45) is 0. The lowest BCUT2D eigenvalue weighted by atomic mass is 10.9. The third-order valence-electron chi connectivity index (χ3n) is 0.235. The molecule has 13 heavy (non-hydrogen) atoms. The Kier molecular flexibility index (Phi) is 23.9. The molecule has 0 saturated carbocycles. The Labute approximate surface area is 86.8 Å². The number of primary amides is 2. The third kappa shape index (κ3) is 748. The van der Waals surface area contributed by atoms with Gasteiger partial charge in [-0.3, -0.25) is 14.4 Å². The molecule has 0 radical (unpaired) electrons. The van der Waals surface area contributed by atoms with Crippen LogP contribution >= 0.6 is 25.3 Å². The Morgan fingerprint density at radius 2 is 1.54 bits per heavy atom. The minimum atomic E-state index is -0.639. The van der Waals surface area contributed by atoms with Gasteiger partial charge in [0.1, 0.15) is 0 Å². The van der Waals surface area contributed by atoms with Crippen LogP contribution in [0.1, 0.15) is 6.92 Å². The first kappa shape index (κ1) is 18.0. The van der Waals surface area contributed by atoms with Gasteiger partial charge >= 0.3 is 0 Å². The molecular weight excluding hydrogens is 216 g/mol. The van der Waals surface area contributed by atoms with E-state index in [-0.39, 0.29) is 0 Å². The summed E-state index contributed by atoms with van der Waals surface area (Å²) in [5.41, 5.74) is 8.67. The van der Waals surface area contributed by atoms with Crippen molar-refractivity contribution < 1.29 is 19.1 Å². The highest BCUT2D eigenvalue weighted by atomic mass is 32.1. The van der Waals surface area contributed by atoms with Crippen molar-refractivity contribution in [2.24, 2.45) is 11.5 Å². The first-order valence-corrected chi connectivity index (χ1v) is 3.79. The van der Waals surface area contributed by atoms with Crippen LogP contribution in [0.3, 0.4) is 0 Å². The van der Waals surface area contributed by atoms with Gasteiger partial charge in [0.05, 0.1) is 6.61 Å². The molecule has 0 saturated heterocycles. The Balaban J connectivity index is -0.000000117. The highest BCUT2D eigenvalue weighted by Gasteiger charge is 1.63. The van der Waals surface area contributed by atoms with Gasteiger partial charge < -0.3 is 16.2 Å². The molecule has 0 aliphatic carbocycles. The fraction of sp³-hybridized carbons (Fsp3) is 0.400. The zero-order valence-corrected chi connectivity index (χ0v) is 8.76. The van der Waals surface area contributed by atoms with Crippen molar-refractivity contribution in [3.8, 4) is 0 Å². The smallest absolute Gasteiger partial charge is 0.293 e. The molecule has 0 heterocycles. The van der Waals surface area contributed by atoms with E-state index in [1.165, 1.54) is 0 Å². The molecule has 0 aromatic heterocycles. The summed E-state index contributed by atoms with van der Waals surface area (Å²) in [4.78, 5) is 27.4. The molecule has 0 aliphatic heterocycles. The van der Waals surface area contributed by atoms with Crippen molar-refractivity contribution in [3.05, 3.63) is 0 Å². The van der Waals surface area contributed by atoms with Gasteiger partial charge in [-0.2, -0.15) is 0 Å². The fourth-order valence-electron chi connectivity index (χ4n) is 0.0680. The summed E-state index contributed by atoms with van der Waals surface area (Å²) >= 11 is 6.21. The fourth-order valence-corrected chi connectivity index (χ4v) is 0.0680. The standard InChI is InChI=1S/C3H6O2.2CH3NOS/c1-2-5-3-4;2*2-1(3)4/h3H,2H2,1H3;2*(H3,2,3,4). The summed E-state index contributed by atoms with van der Waals surface area (Å²) in [6.45, 7) is 2.66. The van der Waals surface area contributed by atoms with E-state index in [4.69, 9.17) is 9.59 Å². The molecule has 0 bridgehead atoms. The van der Waals surface area contributed by atoms with Crippen LogP contribution in [-0.2, 0) is 9.53 Å². The molecule has 0 unspecified atom stereocenters. The number of ether oxygens (including phenoxy) is 1. The quantitative estimate of drug-likeness (QED) is 0.398. The van der Waals surface area contributed by atoms with Crippen molar-refractivity contribution >= 4 is 42.2 Å². The second-order valence-electron chi connectivity index (χ2n) is 1.23. The summed E-state index contributed by atoms with van der Waals surface area (Å²) in [5, 5.41) is -1.28. The highest BCUT2D eigenvalue weighted by Crippen LogP contribution is 1.61. The van der Waals surface area contributed by atoms with E-state index in [0.29, 0.717) is 13.1 Å². The lowest BCUT2D eigenvalue weighted by Gasteiger charge is -1.79. The molecule has 0 aliphatic rings. The second-order valence-corrected chi connectivity index (χ2v) is 2.11. The van der Waals surface area contributed by atoms with Crippen LogP contribution in [-0.4, -0.2) is 23.6 Å². The van der Waals surface area contributed by atoms with Crippen molar-refractivity contribution in [2.45, 2.75) is 6.92 Å². The zero-order chi connectivity index (χ0) is 11.3. The minimum absolute atomic E-state index is 0.431. The predicted octanol–water partition coefficient (Wildman–Crippen LogP) is 0.169. The lowest BCUT2D eigenvalue weighted by Crippen LogP contribution is -1.95. The molecule has 6 nitrogen and oxygen atoms in total. The van der Waals surface area contributed by atoms with E-state index >= 15 is 0 Å². The van der Waals surface area contributed by atoms with Gasteiger partial charge in [0.2, 0.25) is 0 Å². The summed E-state index contributed by atoms with van der Waals surface area (Å²) in [7, 11) is 0. The van der Waals surface area contributed by atoms with E-state index < -0.39 is 10.5 Å². The van der Waals surface area contributed by atoms with Crippen LogP contribution in [0.5, 0.6) is 0 Å². The molecular formula is C5H12N2O4S2. The molecule has 0 aromatic rings. The summed E-state index contributed by atoms with van der Waals surface area (Å²) < 4.78 is 4.15. The van der Waals surface area contributed by atoms with Gasteiger partial charge in [0.15, 0.2) is 0 Å². The number of rotatable bonds is 2. The largest absolute Gasteiger partial charge is 0.468 e. The Bertz CT molecular complexity index is 133. The Hall–Kier alpha value is -0.890. The maximum Gasteiger partial charge on any atom is 0.293 e. The SMILES string of the molecule is CCOC=O.NC(=O)S.NC(=O)S. The average molecular weight is 228 g/mol. The molecule has 4 N–H and O–H groups in total. The van der Waals surface area contributed by atoms with E-state index in [0.717, 1.165) is 0 Å². The van der Waals surface area contributed by atoms with Crippen LogP contribution in [0.2, 0.25) is 0 Å². The number of carbonyl (C=O) groups is 3. The number of thiol groups is 2. The van der Waals surface area contributed by atoms with Crippen LogP contribution in [0.4, 0.5) is 9.59 Å². The minimum Gasteiger partial charge on any atom is -0.468 e. The lowest BCUT2D eigenvalue weighted by molar-refractivity contribution is -0.128. The second kappa shape index (κ2) is 17.3. The van der Waals surface area contributed by atoms with E-state index in [9.17, 15) is 4.79 Å². The van der Waals surface area contributed by atoms with Crippen molar-refractivity contribution in [3.63, 3.8) is 0 Å². The summed E-state index contributed by atoms with van der Waals surface area (Å²) in [5.74, 6) is 0. The third-order valence-corrected chi connectivity index (χ3v) is 0.235. The van der Waals surface area contributed by atoms with Crippen molar-refractivity contribution in [1.82, 2.24) is 0 Å². The van der Waals surface area contributed by atoms with E-state index in [1.807, 2.05) is 0 Å². The number of hydrogen-bond acceptors (Lipinski definition) is 4.